The van der Waals surface area contributed by atoms with Gasteiger partial charge in [0.1, 0.15) is 11.9 Å². The molecule has 1 aromatic rings. The summed E-state index contributed by atoms with van der Waals surface area (Å²) in [4.78, 5) is 11.3. The fourth-order valence-corrected chi connectivity index (χ4v) is 2.19. The molecule has 0 N–H and O–H groups in total. The third-order valence-electron chi connectivity index (χ3n) is 3.27. The Bertz CT molecular complexity index is 434. The number of ether oxygens (including phenoxy) is 2. The molecule has 1 aromatic carbocycles. The maximum Gasteiger partial charge on any atom is 0.337 e. The van der Waals surface area contributed by atoms with E-state index in [1.807, 2.05) is 12.1 Å². The lowest BCUT2D eigenvalue weighted by atomic mass is 10.0. The van der Waals surface area contributed by atoms with Crippen LogP contribution >= 0.6 is 0 Å². The van der Waals surface area contributed by atoms with Gasteiger partial charge >= 0.3 is 5.97 Å². The molecule has 1 aliphatic carbocycles. The van der Waals surface area contributed by atoms with Gasteiger partial charge in [0.2, 0.25) is 0 Å². The maximum atomic E-state index is 11.3. The Hall–Kier alpha value is -1.77. The molecular weight excluding hydrogens is 240 g/mol. The summed E-state index contributed by atoms with van der Waals surface area (Å²) in [6, 6.07) is 7.10. The van der Waals surface area contributed by atoms with E-state index in [-0.39, 0.29) is 12.1 Å². The molecule has 0 fully saturated rings. The van der Waals surface area contributed by atoms with Crippen LogP contribution in [0.4, 0.5) is 0 Å². The second kappa shape index (κ2) is 6.98. The van der Waals surface area contributed by atoms with Gasteiger partial charge in [-0.15, -0.1) is 0 Å². The number of methoxy groups -OCH3 is 1. The first-order valence-electron chi connectivity index (χ1n) is 6.81. The average molecular weight is 260 g/mol. The van der Waals surface area contributed by atoms with E-state index in [2.05, 4.69) is 16.9 Å². The molecule has 1 atom stereocenters. The van der Waals surface area contributed by atoms with Crippen molar-refractivity contribution in [3.63, 3.8) is 0 Å². The molecule has 0 saturated carbocycles. The van der Waals surface area contributed by atoms with Gasteiger partial charge in [0.25, 0.3) is 0 Å². The minimum absolute atomic E-state index is 0.143. The zero-order valence-corrected chi connectivity index (χ0v) is 11.3. The predicted octanol–water partition coefficient (Wildman–Crippen LogP) is 3.74. The quantitative estimate of drug-likeness (QED) is 0.613. The van der Waals surface area contributed by atoms with E-state index in [0.717, 1.165) is 18.6 Å². The van der Waals surface area contributed by atoms with Crippen LogP contribution in [0.2, 0.25) is 0 Å². The summed E-state index contributed by atoms with van der Waals surface area (Å²) in [5.41, 5.74) is 0.544. The minimum Gasteiger partial charge on any atom is -0.486 e. The summed E-state index contributed by atoms with van der Waals surface area (Å²) in [5, 5.41) is 0. The van der Waals surface area contributed by atoms with Crippen LogP contribution in [-0.4, -0.2) is 19.2 Å². The molecule has 1 aliphatic rings. The van der Waals surface area contributed by atoms with Crippen LogP contribution in [0.25, 0.3) is 0 Å². The monoisotopic (exact) mass is 260 g/mol. The molecule has 0 radical (unpaired) electrons. The second-order valence-corrected chi connectivity index (χ2v) is 4.74. The molecule has 0 saturated heterocycles. The van der Waals surface area contributed by atoms with Gasteiger partial charge in [0.15, 0.2) is 0 Å². The van der Waals surface area contributed by atoms with Crippen molar-refractivity contribution in [2.24, 2.45) is 0 Å². The summed E-state index contributed by atoms with van der Waals surface area (Å²) in [5.74, 6) is 0.472. The Morgan fingerprint density at radius 1 is 1.16 bits per heavy atom. The Morgan fingerprint density at radius 2 is 1.95 bits per heavy atom. The maximum absolute atomic E-state index is 11.3. The summed E-state index contributed by atoms with van der Waals surface area (Å²) >= 11 is 0. The van der Waals surface area contributed by atoms with Gasteiger partial charge in [-0.2, -0.15) is 0 Å². The molecule has 1 unspecified atom stereocenters. The van der Waals surface area contributed by atoms with Crippen molar-refractivity contribution in [1.82, 2.24) is 0 Å². The largest absolute Gasteiger partial charge is 0.486 e. The van der Waals surface area contributed by atoms with Crippen LogP contribution in [-0.2, 0) is 4.74 Å². The number of hydrogen-bond acceptors (Lipinski definition) is 3. The van der Waals surface area contributed by atoms with E-state index in [1.54, 1.807) is 12.1 Å². The second-order valence-electron chi connectivity index (χ2n) is 4.74. The topological polar surface area (TPSA) is 35.5 Å². The number of hydrogen-bond donors (Lipinski definition) is 0. The van der Waals surface area contributed by atoms with Crippen molar-refractivity contribution in [1.29, 1.82) is 0 Å². The van der Waals surface area contributed by atoms with Crippen molar-refractivity contribution in [3.8, 4) is 5.75 Å². The fourth-order valence-electron chi connectivity index (χ4n) is 2.19. The normalized spacial score (nSPS) is 21.0. The molecule has 2 rings (SSSR count). The summed E-state index contributed by atoms with van der Waals surface area (Å²) in [6.07, 6.45) is 10.4. The molecule has 0 aliphatic heterocycles. The predicted molar refractivity (Wildman–Crippen MR) is 74.4 cm³/mol. The van der Waals surface area contributed by atoms with E-state index in [1.165, 1.54) is 26.4 Å². The standard InChI is InChI=1S/C16H20O3/c1-18-16(17)13-9-11-15(12-10-13)19-14-7-5-3-2-4-6-8-14/h5,7,9-12,14H,2-4,6,8H2,1H3/b7-5+. The van der Waals surface area contributed by atoms with Gasteiger partial charge in [-0.25, -0.2) is 4.79 Å². The highest BCUT2D eigenvalue weighted by Gasteiger charge is 2.10. The van der Waals surface area contributed by atoms with E-state index in [9.17, 15) is 4.79 Å². The first-order valence-corrected chi connectivity index (χ1v) is 6.81. The highest BCUT2D eigenvalue weighted by atomic mass is 16.5. The minimum atomic E-state index is -0.322. The van der Waals surface area contributed by atoms with Crippen molar-refractivity contribution >= 4 is 5.97 Å². The highest BCUT2D eigenvalue weighted by Crippen LogP contribution is 2.19. The van der Waals surface area contributed by atoms with Crippen molar-refractivity contribution in [2.75, 3.05) is 7.11 Å². The SMILES string of the molecule is COC(=O)c1ccc(OC2/C=C/CCCCC2)cc1. The molecule has 0 spiro atoms. The third-order valence-corrected chi connectivity index (χ3v) is 3.27. The number of carbonyl (C=O) groups excluding carboxylic acids is 1. The molecule has 0 bridgehead atoms. The number of benzene rings is 1. The fraction of sp³-hybridized carbons (Fsp3) is 0.438. The first-order chi connectivity index (χ1) is 9.29. The summed E-state index contributed by atoms with van der Waals surface area (Å²) in [6.45, 7) is 0. The lowest BCUT2D eigenvalue weighted by molar-refractivity contribution is 0.0600. The average Bonchev–Trinajstić information content (AvgIpc) is 2.41. The van der Waals surface area contributed by atoms with Gasteiger partial charge < -0.3 is 9.47 Å². The molecule has 102 valence electrons. The zero-order valence-electron chi connectivity index (χ0n) is 11.3. The van der Waals surface area contributed by atoms with Crippen LogP contribution in [0.15, 0.2) is 36.4 Å². The van der Waals surface area contributed by atoms with Crippen LogP contribution in [0.5, 0.6) is 5.75 Å². The van der Waals surface area contributed by atoms with Crippen LogP contribution in [0.1, 0.15) is 42.5 Å². The van der Waals surface area contributed by atoms with Gasteiger partial charge in [-0.1, -0.05) is 12.5 Å². The molecule has 3 nitrogen and oxygen atoms in total. The lowest BCUT2D eigenvalue weighted by Gasteiger charge is -2.17. The molecule has 3 heteroatoms. The van der Waals surface area contributed by atoms with Crippen molar-refractivity contribution < 1.29 is 14.3 Å². The smallest absolute Gasteiger partial charge is 0.337 e. The van der Waals surface area contributed by atoms with E-state index in [4.69, 9.17) is 4.74 Å². The Kier molecular flexibility index (Phi) is 5.01. The Balaban J connectivity index is 1.98. The zero-order chi connectivity index (χ0) is 13.5. The number of carbonyl (C=O) groups is 1. The highest BCUT2D eigenvalue weighted by molar-refractivity contribution is 5.89. The summed E-state index contributed by atoms with van der Waals surface area (Å²) < 4.78 is 10.6. The summed E-state index contributed by atoms with van der Waals surface area (Å²) in [7, 11) is 1.38. The molecule has 0 aromatic heterocycles. The number of rotatable bonds is 3. The van der Waals surface area contributed by atoms with Crippen LogP contribution in [0, 0.1) is 0 Å². The molecular formula is C16H20O3. The molecule has 19 heavy (non-hydrogen) atoms. The van der Waals surface area contributed by atoms with Crippen LogP contribution < -0.4 is 4.74 Å². The number of esters is 1. The van der Waals surface area contributed by atoms with Gasteiger partial charge in [-0.3, -0.25) is 0 Å². The van der Waals surface area contributed by atoms with Gasteiger partial charge in [0.05, 0.1) is 12.7 Å². The van der Waals surface area contributed by atoms with Crippen LogP contribution in [0.3, 0.4) is 0 Å². The molecule has 0 amide bonds. The molecule has 0 heterocycles. The lowest BCUT2D eigenvalue weighted by Crippen LogP contribution is -2.14. The number of allylic oxidation sites excluding steroid dienone is 1. The third kappa shape index (κ3) is 4.12. The Morgan fingerprint density at radius 3 is 2.68 bits per heavy atom. The van der Waals surface area contributed by atoms with E-state index < -0.39 is 0 Å². The van der Waals surface area contributed by atoms with Crippen molar-refractivity contribution in [3.05, 3.63) is 42.0 Å². The Labute approximate surface area is 114 Å². The van der Waals surface area contributed by atoms with Gasteiger partial charge in [-0.05, 0) is 56.0 Å². The van der Waals surface area contributed by atoms with E-state index >= 15 is 0 Å². The van der Waals surface area contributed by atoms with E-state index in [0.29, 0.717) is 5.56 Å². The van der Waals surface area contributed by atoms with Crippen molar-refractivity contribution in [2.45, 2.75) is 38.2 Å². The first kappa shape index (κ1) is 13.7. The van der Waals surface area contributed by atoms with Gasteiger partial charge in [0, 0.05) is 0 Å².